The summed E-state index contributed by atoms with van der Waals surface area (Å²) in [5.74, 6) is -0.0158. The summed E-state index contributed by atoms with van der Waals surface area (Å²) in [6, 6.07) is 11.6. The second kappa shape index (κ2) is 6.57. The van der Waals surface area contributed by atoms with Crippen LogP contribution in [0.1, 0.15) is 20.7 Å². The van der Waals surface area contributed by atoms with Gasteiger partial charge in [-0.15, -0.1) is 0 Å². The fourth-order valence-corrected chi connectivity index (χ4v) is 2.46. The van der Waals surface area contributed by atoms with E-state index in [-0.39, 0.29) is 5.91 Å². The van der Waals surface area contributed by atoms with Crippen molar-refractivity contribution in [2.75, 3.05) is 12.4 Å². The molecule has 0 aliphatic rings. The van der Waals surface area contributed by atoms with E-state index >= 15 is 0 Å². The quantitative estimate of drug-likeness (QED) is 0.780. The van der Waals surface area contributed by atoms with Gasteiger partial charge in [-0.25, -0.2) is 0 Å². The van der Waals surface area contributed by atoms with Gasteiger partial charge in [0.2, 0.25) is 5.91 Å². The molecule has 3 N–H and O–H groups in total. The number of nitrogens with one attached hydrogen (secondary N) is 1. The van der Waals surface area contributed by atoms with Gasteiger partial charge in [-0.05, 0) is 65.1 Å². The van der Waals surface area contributed by atoms with Crippen molar-refractivity contribution in [1.29, 1.82) is 0 Å². The molecule has 0 saturated heterocycles. The molecule has 0 heterocycles. The van der Waals surface area contributed by atoms with Gasteiger partial charge in [0.1, 0.15) is 5.75 Å². The van der Waals surface area contributed by atoms with Crippen LogP contribution < -0.4 is 15.8 Å². The lowest BCUT2D eigenvalue weighted by atomic mass is 10.1. The summed E-state index contributed by atoms with van der Waals surface area (Å²) in [7, 11) is 1.58. The van der Waals surface area contributed by atoms with Crippen LogP contribution in [0.5, 0.6) is 5.75 Å². The number of methoxy groups -OCH3 is 1. The van der Waals surface area contributed by atoms with Gasteiger partial charge in [-0.2, -0.15) is 0 Å². The summed E-state index contributed by atoms with van der Waals surface area (Å²) in [6.07, 6.45) is 0. The Bertz CT molecular complexity index is 684. The molecule has 0 aliphatic heterocycles. The van der Waals surface area contributed by atoms with Crippen molar-refractivity contribution in [3.8, 4) is 5.75 Å². The Morgan fingerprint density at radius 3 is 2.24 bits per heavy atom. The molecule has 2 aromatic rings. The summed E-state index contributed by atoms with van der Waals surface area (Å²) in [4.78, 5) is 23.1. The average Bonchev–Trinajstić information content (AvgIpc) is 2.47. The fourth-order valence-electron chi connectivity index (χ4n) is 1.73. The van der Waals surface area contributed by atoms with Crippen molar-refractivity contribution >= 4 is 40.1 Å². The van der Waals surface area contributed by atoms with E-state index in [1.54, 1.807) is 49.6 Å². The Labute approximate surface area is 135 Å². The summed E-state index contributed by atoms with van der Waals surface area (Å²) in [6.45, 7) is 0. The highest BCUT2D eigenvalue weighted by Gasteiger charge is 2.09. The maximum atomic E-state index is 12.1. The van der Waals surface area contributed by atoms with E-state index in [1.807, 2.05) is 0 Å². The van der Waals surface area contributed by atoms with Crippen molar-refractivity contribution in [1.82, 2.24) is 0 Å². The van der Waals surface area contributed by atoms with E-state index in [2.05, 4.69) is 27.9 Å². The number of primary amides is 1. The molecule has 0 unspecified atom stereocenters. The second-order valence-electron chi connectivity index (χ2n) is 4.25. The molecule has 2 amide bonds. The van der Waals surface area contributed by atoms with E-state index in [0.717, 1.165) is 9.32 Å². The van der Waals surface area contributed by atoms with Gasteiger partial charge in [-0.3, -0.25) is 9.59 Å². The third-order valence-corrected chi connectivity index (χ3v) is 3.68. The standard InChI is InChI=1S/C15H13IN2O3/c1-21-13-7-4-10(8-12(13)16)15(20)18-11-5-2-9(3-6-11)14(17)19/h2-8H,1H3,(H2,17,19)(H,18,20). The van der Waals surface area contributed by atoms with Gasteiger partial charge >= 0.3 is 0 Å². The molecule has 0 saturated carbocycles. The van der Waals surface area contributed by atoms with Crippen molar-refractivity contribution < 1.29 is 14.3 Å². The highest BCUT2D eigenvalue weighted by molar-refractivity contribution is 14.1. The number of carbonyl (C=O) groups is 2. The van der Waals surface area contributed by atoms with Crippen LogP contribution in [0.3, 0.4) is 0 Å². The smallest absolute Gasteiger partial charge is 0.255 e. The molecule has 6 heteroatoms. The van der Waals surface area contributed by atoms with Crippen LogP contribution in [-0.2, 0) is 0 Å². The Balaban J connectivity index is 2.14. The number of carbonyl (C=O) groups excluding carboxylic acids is 2. The largest absolute Gasteiger partial charge is 0.496 e. The van der Waals surface area contributed by atoms with Crippen LogP contribution in [0.2, 0.25) is 0 Å². The number of ether oxygens (including phenoxy) is 1. The SMILES string of the molecule is COc1ccc(C(=O)Nc2ccc(C(N)=O)cc2)cc1I. The second-order valence-corrected chi connectivity index (χ2v) is 5.41. The zero-order valence-electron chi connectivity index (χ0n) is 11.2. The zero-order valence-corrected chi connectivity index (χ0v) is 13.4. The van der Waals surface area contributed by atoms with Crippen LogP contribution in [-0.4, -0.2) is 18.9 Å². The van der Waals surface area contributed by atoms with Gasteiger partial charge in [-0.1, -0.05) is 0 Å². The normalized spacial score (nSPS) is 10.0. The number of amides is 2. The third-order valence-electron chi connectivity index (χ3n) is 2.84. The Morgan fingerprint density at radius 2 is 1.71 bits per heavy atom. The number of nitrogens with two attached hydrogens (primary N) is 1. The molecule has 0 aromatic heterocycles. The van der Waals surface area contributed by atoms with Gasteiger partial charge in [0.15, 0.2) is 0 Å². The summed E-state index contributed by atoms with van der Waals surface area (Å²) >= 11 is 2.11. The maximum Gasteiger partial charge on any atom is 0.255 e. The maximum absolute atomic E-state index is 12.1. The van der Waals surface area contributed by atoms with E-state index in [1.165, 1.54) is 0 Å². The van der Waals surface area contributed by atoms with Gasteiger partial charge in [0, 0.05) is 16.8 Å². The highest BCUT2D eigenvalue weighted by atomic mass is 127. The van der Waals surface area contributed by atoms with Gasteiger partial charge in [0.25, 0.3) is 5.91 Å². The van der Waals surface area contributed by atoms with Crippen molar-refractivity contribution in [2.24, 2.45) is 5.73 Å². The Hall–Kier alpha value is -2.09. The van der Waals surface area contributed by atoms with E-state index in [0.29, 0.717) is 16.8 Å². The number of rotatable bonds is 4. The minimum absolute atomic E-state index is 0.234. The number of hydrogen-bond donors (Lipinski definition) is 2. The lowest BCUT2D eigenvalue weighted by molar-refractivity contribution is 0.0998. The Morgan fingerprint density at radius 1 is 1.10 bits per heavy atom. The molecule has 0 fully saturated rings. The lowest BCUT2D eigenvalue weighted by Crippen LogP contribution is -2.13. The van der Waals surface area contributed by atoms with Crippen molar-refractivity contribution in [2.45, 2.75) is 0 Å². The van der Waals surface area contributed by atoms with Gasteiger partial charge in [0.05, 0.1) is 10.7 Å². The molecule has 108 valence electrons. The lowest BCUT2D eigenvalue weighted by Gasteiger charge is -2.08. The van der Waals surface area contributed by atoms with Crippen LogP contribution in [0.15, 0.2) is 42.5 Å². The summed E-state index contributed by atoms with van der Waals surface area (Å²) < 4.78 is 6.00. The predicted molar refractivity (Wildman–Crippen MR) is 88.6 cm³/mol. The van der Waals surface area contributed by atoms with Gasteiger partial charge < -0.3 is 15.8 Å². The van der Waals surface area contributed by atoms with E-state index < -0.39 is 5.91 Å². The summed E-state index contributed by atoms with van der Waals surface area (Å²) in [5.41, 5.74) is 6.68. The first-order valence-corrected chi connectivity index (χ1v) is 7.14. The van der Waals surface area contributed by atoms with E-state index in [4.69, 9.17) is 10.5 Å². The van der Waals surface area contributed by atoms with Crippen LogP contribution in [0.25, 0.3) is 0 Å². The first-order valence-electron chi connectivity index (χ1n) is 6.06. The molecular formula is C15H13IN2O3. The van der Waals surface area contributed by atoms with Crippen LogP contribution >= 0.6 is 22.6 Å². The van der Waals surface area contributed by atoms with Crippen molar-refractivity contribution in [3.05, 3.63) is 57.2 Å². The number of benzene rings is 2. The third kappa shape index (κ3) is 3.72. The number of halogens is 1. The van der Waals surface area contributed by atoms with E-state index in [9.17, 15) is 9.59 Å². The predicted octanol–water partition coefficient (Wildman–Crippen LogP) is 2.65. The number of anilines is 1. The molecule has 21 heavy (non-hydrogen) atoms. The first kappa shape index (κ1) is 15.3. The zero-order chi connectivity index (χ0) is 15.4. The molecule has 5 nitrogen and oxygen atoms in total. The first-order chi connectivity index (χ1) is 10.0. The van der Waals surface area contributed by atoms with Crippen molar-refractivity contribution in [3.63, 3.8) is 0 Å². The molecule has 0 bridgehead atoms. The average molecular weight is 396 g/mol. The minimum atomic E-state index is -0.502. The molecule has 2 rings (SSSR count). The molecule has 0 aliphatic carbocycles. The highest BCUT2D eigenvalue weighted by Crippen LogP contribution is 2.22. The minimum Gasteiger partial charge on any atom is -0.496 e. The monoisotopic (exact) mass is 396 g/mol. The molecule has 0 atom stereocenters. The molecule has 0 radical (unpaired) electrons. The summed E-state index contributed by atoms with van der Waals surface area (Å²) in [5, 5.41) is 2.75. The molecular weight excluding hydrogens is 383 g/mol. The van der Waals surface area contributed by atoms with Crippen LogP contribution in [0.4, 0.5) is 5.69 Å². The molecule has 2 aromatic carbocycles. The Kier molecular flexibility index (Phi) is 4.79. The molecule has 0 spiro atoms. The fraction of sp³-hybridized carbons (Fsp3) is 0.0667. The van der Waals surface area contributed by atoms with Crippen LogP contribution in [0, 0.1) is 3.57 Å². The topological polar surface area (TPSA) is 81.4 Å². The number of hydrogen-bond acceptors (Lipinski definition) is 3.